The van der Waals surface area contributed by atoms with Crippen LogP contribution in [0.3, 0.4) is 0 Å². The molecule has 3 rings (SSSR count). The number of rotatable bonds is 5. The third-order valence-electron chi connectivity index (χ3n) is 3.37. The van der Waals surface area contributed by atoms with E-state index in [9.17, 15) is 9.59 Å². The first kappa shape index (κ1) is 16.0. The second-order valence-electron chi connectivity index (χ2n) is 5.04. The Labute approximate surface area is 141 Å². The predicted octanol–water partition coefficient (Wildman–Crippen LogP) is 1.58. The lowest BCUT2D eigenvalue weighted by Gasteiger charge is -2.02. The van der Waals surface area contributed by atoms with Crippen molar-refractivity contribution in [3.05, 3.63) is 53.2 Å². The number of para-hydroxylation sites is 1. The maximum Gasteiger partial charge on any atom is 0.286 e. The Hall–Kier alpha value is -2.87. The number of carbonyl (C=O) groups excluding carboxylic acids is 2. The van der Waals surface area contributed by atoms with Crippen LogP contribution in [0.2, 0.25) is 0 Å². The minimum atomic E-state index is -0.347. The molecule has 0 atom stereocenters. The molecule has 0 aliphatic rings. The van der Waals surface area contributed by atoms with Crippen LogP contribution in [0.5, 0.6) is 0 Å². The van der Waals surface area contributed by atoms with Crippen molar-refractivity contribution in [3.63, 3.8) is 0 Å². The Bertz CT molecular complexity index is 924. The number of amides is 2. The fraction of sp³-hybridized carbons (Fsp3) is 0.188. The highest BCUT2D eigenvalue weighted by molar-refractivity contribution is 7.16. The van der Waals surface area contributed by atoms with E-state index in [1.807, 2.05) is 35.9 Å². The summed E-state index contributed by atoms with van der Waals surface area (Å²) in [6.07, 6.45) is 1.55. The van der Waals surface area contributed by atoms with Gasteiger partial charge in [-0.3, -0.25) is 9.59 Å². The Morgan fingerprint density at radius 1 is 1.25 bits per heavy atom. The van der Waals surface area contributed by atoms with Crippen LogP contribution in [0.15, 0.2) is 52.2 Å². The lowest BCUT2D eigenvalue weighted by Crippen LogP contribution is -2.29. The van der Waals surface area contributed by atoms with Crippen molar-refractivity contribution < 1.29 is 14.0 Å². The van der Waals surface area contributed by atoms with Crippen molar-refractivity contribution in [3.8, 4) is 0 Å². The predicted molar refractivity (Wildman–Crippen MR) is 90.2 cm³/mol. The number of carbonyl (C=O) groups is 2. The van der Waals surface area contributed by atoms with Gasteiger partial charge >= 0.3 is 0 Å². The van der Waals surface area contributed by atoms with E-state index in [-0.39, 0.29) is 30.5 Å². The van der Waals surface area contributed by atoms with E-state index in [1.165, 1.54) is 17.6 Å². The fourth-order valence-electron chi connectivity index (χ4n) is 2.14. The molecule has 0 saturated heterocycles. The van der Waals surface area contributed by atoms with Gasteiger partial charge < -0.3 is 14.3 Å². The zero-order chi connectivity index (χ0) is 16.9. The van der Waals surface area contributed by atoms with Crippen molar-refractivity contribution in [2.75, 3.05) is 6.54 Å². The number of nitrogens with zero attached hydrogens (tertiary/aromatic N) is 2. The van der Waals surface area contributed by atoms with Gasteiger partial charge in [0.2, 0.25) is 10.7 Å². The highest BCUT2D eigenvalue weighted by atomic mass is 32.1. The van der Waals surface area contributed by atoms with Gasteiger partial charge in [-0.2, -0.15) is 0 Å². The number of hydrogen-bond donors (Lipinski definition) is 2. The molecule has 0 fully saturated rings. The maximum atomic E-state index is 11.8. The van der Waals surface area contributed by atoms with E-state index in [0.29, 0.717) is 4.80 Å². The van der Waals surface area contributed by atoms with Gasteiger partial charge in [0.15, 0.2) is 5.76 Å². The van der Waals surface area contributed by atoms with Gasteiger partial charge in [0, 0.05) is 20.0 Å². The quantitative estimate of drug-likeness (QED) is 0.689. The van der Waals surface area contributed by atoms with E-state index >= 15 is 0 Å². The van der Waals surface area contributed by atoms with Crippen LogP contribution in [-0.2, 0) is 11.8 Å². The second kappa shape index (κ2) is 7.14. The van der Waals surface area contributed by atoms with E-state index in [2.05, 4.69) is 15.8 Å². The number of furan rings is 1. The Morgan fingerprint density at radius 3 is 2.83 bits per heavy atom. The summed E-state index contributed by atoms with van der Waals surface area (Å²) in [5.41, 5.74) is 3.57. The Balaban J connectivity index is 1.55. The van der Waals surface area contributed by atoms with Gasteiger partial charge in [-0.25, -0.2) is 5.43 Å². The molecule has 0 aliphatic heterocycles. The van der Waals surface area contributed by atoms with Crippen LogP contribution >= 0.6 is 11.3 Å². The largest absolute Gasteiger partial charge is 0.459 e. The zero-order valence-corrected chi connectivity index (χ0v) is 13.8. The molecule has 2 N–H and O–H groups in total. The molecule has 0 saturated carbocycles. The molecule has 3 aromatic rings. The van der Waals surface area contributed by atoms with Gasteiger partial charge in [0.05, 0.1) is 16.5 Å². The zero-order valence-electron chi connectivity index (χ0n) is 13.0. The van der Waals surface area contributed by atoms with Crippen molar-refractivity contribution >= 4 is 33.4 Å². The van der Waals surface area contributed by atoms with Gasteiger partial charge in [0.25, 0.3) is 5.91 Å². The van der Waals surface area contributed by atoms with E-state index in [1.54, 1.807) is 12.1 Å². The third kappa shape index (κ3) is 3.54. The van der Waals surface area contributed by atoms with Crippen molar-refractivity contribution in [1.82, 2.24) is 15.3 Å². The molecule has 8 heteroatoms. The molecule has 0 spiro atoms. The first-order chi connectivity index (χ1) is 11.6. The normalized spacial score (nSPS) is 11.6. The number of hydrogen-bond acceptors (Lipinski definition) is 5. The molecule has 24 heavy (non-hydrogen) atoms. The molecule has 0 radical (unpaired) electrons. The first-order valence-electron chi connectivity index (χ1n) is 7.34. The summed E-state index contributed by atoms with van der Waals surface area (Å²) in [7, 11) is 1.90. The molecule has 0 bridgehead atoms. The van der Waals surface area contributed by atoms with Gasteiger partial charge in [0.1, 0.15) is 0 Å². The molecule has 1 aromatic carbocycles. The van der Waals surface area contributed by atoms with Crippen molar-refractivity contribution in [2.24, 2.45) is 12.1 Å². The summed E-state index contributed by atoms with van der Waals surface area (Å²) in [6.45, 7) is 0.208. The van der Waals surface area contributed by atoms with Gasteiger partial charge in [-0.1, -0.05) is 23.5 Å². The highest BCUT2D eigenvalue weighted by Crippen LogP contribution is 2.14. The minimum absolute atomic E-state index is 0.130. The average molecular weight is 344 g/mol. The van der Waals surface area contributed by atoms with Crippen LogP contribution in [0.4, 0.5) is 0 Å². The Morgan fingerprint density at radius 2 is 2.08 bits per heavy atom. The van der Waals surface area contributed by atoms with Crippen LogP contribution in [0.25, 0.3) is 10.2 Å². The third-order valence-corrected chi connectivity index (χ3v) is 4.49. The van der Waals surface area contributed by atoms with Crippen LogP contribution in [0, 0.1) is 0 Å². The average Bonchev–Trinajstić information content (AvgIpc) is 3.22. The number of aromatic nitrogens is 1. The summed E-state index contributed by atoms with van der Waals surface area (Å²) in [4.78, 5) is 24.2. The molecule has 2 aromatic heterocycles. The summed E-state index contributed by atoms with van der Waals surface area (Å²) in [6, 6.07) is 11.1. The summed E-state index contributed by atoms with van der Waals surface area (Å²) < 4.78 is 7.98. The molecular weight excluding hydrogens is 328 g/mol. The fourth-order valence-corrected chi connectivity index (χ4v) is 3.12. The Kier molecular flexibility index (Phi) is 4.76. The van der Waals surface area contributed by atoms with Crippen LogP contribution in [-0.4, -0.2) is 22.9 Å². The monoisotopic (exact) mass is 344 g/mol. The summed E-state index contributed by atoms with van der Waals surface area (Å²) in [5, 5.41) is 6.75. The van der Waals surface area contributed by atoms with Crippen LogP contribution in [0.1, 0.15) is 17.0 Å². The minimum Gasteiger partial charge on any atom is -0.459 e. The van der Waals surface area contributed by atoms with E-state index < -0.39 is 0 Å². The molecule has 0 aliphatic carbocycles. The molecular formula is C16H16N4O3S. The lowest BCUT2D eigenvalue weighted by atomic mass is 10.3. The molecule has 124 valence electrons. The van der Waals surface area contributed by atoms with Crippen molar-refractivity contribution in [2.45, 2.75) is 6.42 Å². The summed E-state index contributed by atoms with van der Waals surface area (Å²) in [5.74, 6) is -0.398. The lowest BCUT2D eigenvalue weighted by molar-refractivity contribution is -0.121. The number of thiazole rings is 1. The van der Waals surface area contributed by atoms with E-state index in [0.717, 1.165) is 10.2 Å². The molecule has 7 nitrogen and oxygen atoms in total. The summed E-state index contributed by atoms with van der Waals surface area (Å²) >= 11 is 1.49. The van der Waals surface area contributed by atoms with Gasteiger partial charge in [-0.15, -0.1) is 5.10 Å². The van der Waals surface area contributed by atoms with E-state index in [4.69, 9.17) is 4.42 Å². The molecule has 0 unspecified atom stereocenters. The number of benzene rings is 1. The standard InChI is InChI=1S/C16H16N4O3S/c1-20-11-5-2-3-7-13(11)24-16(20)19-18-14(21)8-9-17-15(22)12-6-4-10-23-12/h2-7,10H,8-9H2,1H3,(H,17,22)(H,18,21)/b19-16-. The molecule has 2 amide bonds. The SMILES string of the molecule is Cn1/c(=N/NC(=O)CCNC(=O)c2ccco2)sc2ccccc21. The van der Waals surface area contributed by atoms with Crippen molar-refractivity contribution in [1.29, 1.82) is 0 Å². The molecule has 2 heterocycles. The number of nitrogens with one attached hydrogen (secondary N) is 2. The van der Waals surface area contributed by atoms with Crippen LogP contribution < -0.4 is 15.5 Å². The first-order valence-corrected chi connectivity index (χ1v) is 8.15. The number of aryl methyl sites for hydroxylation is 1. The highest BCUT2D eigenvalue weighted by Gasteiger charge is 2.08. The maximum absolute atomic E-state index is 11.8. The number of fused-ring (bicyclic) bond motifs is 1. The second-order valence-corrected chi connectivity index (χ2v) is 6.05. The smallest absolute Gasteiger partial charge is 0.286 e. The topological polar surface area (TPSA) is 88.6 Å². The van der Waals surface area contributed by atoms with Gasteiger partial charge in [-0.05, 0) is 24.3 Å².